The van der Waals surface area contributed by atoms with Gasteiger partial charge in [-0.25, -0.2) is 4.79 Å². The highest BCUT2D eigenvalue weighted by molar-refractivity contribution is 6.06. The smallest absolute Gasteiger partial charge is 0.418 e. The second-order valence-corrected chi connectivity index (χ2v) is 7.32. The van der Waals surface area contributed by atoms with Gasteiger partial charge in [-0.3, -0.25) is 9.36 Å². The van der Waals surface area contributed by atoms with Gasteiger partial charge in [0.25, 0.3) is 0 Å². The molecule has 5 heteroatoms. The molecule has 5 nitrogen and oxygen atoms in total. The molecule has 1 unspecified atom stereocenters. The fourth-order valence-corrected chi connectivity index (χ4v) is 3.49. The summed E-state index contributed by atoms with van der Waals surface area (Å²) < 4.78 is 6.91. The number of nitrogens with one attached hydrogen (secondary N) is 1. The highest BCUT2D eigenvalue weighted by atomic mass is 16.6. The molecule has 2 heterocycles. The first kappa shape index (κ1) is 15.3. The fourth-order valence-electron chi connectivity index (χ4n) is 3.49. The second kappa shape index (κ2) is 5.23. The molecular formula is C17H24N2O3. The predicted molar refractivity (Wildman–Crippen MR) is 83.3 cm³/mol. The molecule has 1 N–H and O–H groups in total. The van der Waals surface area contributed by atoms with Crippen LogP contribution in [0.5, 0.6) is 0 Å². The Balaban J connectivity index is 1.88. The third-order valence-electron chi connectivity index (χ3n) is 4.54. The molecule has 0 amide bonds. The molecule has 0 bridgehead atoms. The topological polar surface area (TPSA) is 60.3 Å². The highest BCUT2D eigenvalue weighted by Gasteiger charge is 2.44. The van der Waals surface area contributed by atoms with Crippen molar-refractivity contribution in [3.63, 3.8) is 0 Å². The zero-order valence-electron chi connectivity index (χ0n) is 13.6. The third kappa shape index (κ3) is 2.58. The quantitative estimate of drug-likeness (QED) is 0.800. The second-order valence-electron chi connectivity index (χ2n) is 7.32. The van der Waals surface area contributed by atoms with Crippen molar-refractivity contribution in [1.82, 2.24) is 9.88 Å². The Labute approximate surface area is 131 Å². The van der Waals surface area contributed by atoms with Gasteiger partial charge >= 0.3 is 6.09 Å². The summed E-state index contributed by atoms with van der Waals surface area (Å²) in [7, 11) is 0. The molecular weight excluding hydrogens is 280 g/mol. The van der Waals surface area contributed by atoms with Gasteiger partial charge in [-0.15, -0.1) is 0 Å². The first-order valence-corrected chi connectivity index (χ1v) is 8.06. The molecule has 0 saturated carbocycles. The van der Waals surface area contributed by atoms with Gasteiger partial charge < -0.3 is 10.1 Å². The van der Waals surface area contributed by atoms with Gasteiger partial charge in [0, 0.05) is 17.5 Å². The molecule has 3 rings (SSSR count). The van der Waals surface area contributed by atoms with E-state index in [1.54, 1.807) is 12.3 Å². The molecule has 1 aliphatic heterocycles. The van der Waals surface area contributed by atoms with E-state index in [4.69, 9.17) is 4.74 Å². The van der Waals surface area contributed by atoms with E-state index < -0.39 is 17.2 Å². The average molecular weight is 304 g/mol. The summed E-state index contributed by atoms with van der Waals surface area (Å²) in [6.07, 6.45) is 5.84. The van der Waals surface area contributed by atoms with Crippen LogP contribution in [0, 0.1) is 0 Å². The van der Waals surface area contributed by atoms with Crippen molar-refractivity contribution in [3.8, 4) is 0 Å². The number of rotatable bonds is 0. The van der Waals surface area contributed by atoms with Crippen LogP contribution in [0.2, 0.25) is 0 Å². The number of hydrogen-bond donors (Lipinski definition) is 1. The van der Waals surface area contributed by atoms with E-state index in [-0.39, 0.29) is 5.78 Å². The van der Waals surface area contributed by atoms with Gasteiger partial charge in [-0.2, -0.15) is 0 Å². The Bertz CT molecular complexity index is 604. The van der Waals surface area contributed by atoms with Gasteiger partial charge in [0.05, 0.1) is 5.54 Å². The van der Waals surface area contributed by atoms with Crippen molar-refractivity contribution in [2.24, 2.45) is 0 Å². The number of aromatic nitrogens is 1. The molecule has 1 aromatic rings. The first-order valence-electron chi connectivity index (χ1n) is 8.06. The van der Waals surface area contributed by atoms with E-state index in [2.05, 4.69) is 5.32 Å². The molecule has 1 atom stereocenters. The number of Topliss-reactive ketones (excluding diaryl/α,β-unsaturated/α-hetero) is 1. The first-order chi connectivity index (χ1) is 10.3. The number of fused-ring (bicyclic) bond motifs is 1. The minimum absolute atomic E-state index is 0.135. The van der Waals surface area contributed by atoms with E-state index in [0.717, 1.165) is 44.3 Å². The van der Waals surface area contributed by atoms with Crippen molar-refractivity contribution in [2.45, 2.75) is 64.0 Å². The largest absolute Gasteiger partial charge is 0.443 e. The lowest BCUT2D eigenvalue weighted by Crippen LogP contribution is -2.56. The molecule has 1 fully saturated rings. The summed E-state index contributed by atoms with van der Waals surface area (Å²) in [5, 5.41) is 3.43. The minimum Gasteiger partial charge on any atom is -0.443 e. The maximum absolute atomic E-state index is 12.9. The molecule has 1 saturated heterocycles. The van der Waals surface area contributed by atoms with Gasteiger partial charge in [-0.1, -0.05) is 0 Å². The lowest BCUT2D eigenvalue weighted by atomic mass is 9.74. The van der Waals surface area contributed by atoms with Crippen molar-refractivity contribution in [2.75, 3.05) is 6.54 Å². The molecule has 1 spiro atoms. The average Bonchev–Trinajstić information content (AvgIpc) is 2.87. The van der Waals surface area contributed by atoms with Crippen LogP contribution in [0.4, 0.5) is 4.79 Å². The summed E-state index contributed by atoms with van der Waals surface area (Å²) in [6.45, 7) is 6.42. The van der Waals surface area contributed by atoms with Crippen molar-refractivity contribution in [3.05, 3.63) is 23.5 Å². The predicted octanol–water partition coefficient (Wildman–Crippen LogP) is 2.91. The molecule has 0 radical (unpaired) electrons. The van der Waals surface area contributed by atoms with E-state index in [1.807, 2.05) is 20.8 Å². The van der Waals surface area contributed by atoms with Crippen LogP contribution < -0.4 is 5.32 Å². The molecule has 2 aliphatic rings. The minimum atomic E-state index is -0.543. The number of piperidine rings is 1. The van der Waals surface area contributed by atoms with E-state index in [1.165, 1.54) is 4.57 Å². The van der Waals surface area contributed by atoms with E-state index >= 15 is 0 Å². The Hall–Kier alpha value is -1.62. The Kier molecular flexibility index (Phi) is 3.63. The summed E-state index contributed by atoms with van der Waals surface area (Å²) in [6, 6.07) is 1.76. The van der Waals surface area contributed by atoms with Gasteiger partial charge in [0.1, 0.15) is 5.60 Å². The summed E-state index contributed by atoms with van der Waals surface area (Å²) in [4.78, 5) is 25.2. The summed E-state index contributed by atoms with van der Waals surface area (Å²) >= 11 is 0. The number of carbonyl (C=O) groups excluding carboxylic acids is 2. The number of ketones is 1. The third-order valence-corrected chi connectivity index (χ3v) is 4.54. The number of hydrogen-bond acceptors (Lipinski definition) is 4. The Morgan fingerprint density at radius 1 is 1.32 bits per heavy atom. The Morgan fingerprint density at radius 2 is 2.09 bits per heavy atom. The van der Waals surface area contributed by atoms with Crippen LogP contribution in [-0.2, 0) is 11.2 Å². The van der Waals surface area contributed by atoms with Crippen LogP contribution >= 0.6 is 0 Å². The molecule has 1 aromatic heterocycles. The maximum atomic E-state index is 12.9. The van der Waals surface area contributed by atoms with Crippen LogP contribution in [0.25, 0.3) is 0 Å². The lowest BCUT2D eigenvalue weighted by Gasteiger charge is -2.40. The molecule has 1 aliphatic carbocycles. The standard InChI is InChI=1S/C17H24N2O3/c1-16(2,3)22-15(21)19-11-7-12-13(19)6-9-17(14(12)20)8-4-5-10-18-17/h7,11,18H,4-6,8-10H2,1-3H3. The van der Waals surface area contributed by atoms with Gasteiger partial charge in [0.2, 0.25) is 0 Å². The number of ether oxygens (including phenoxy) is 1. The van der Waals surface area contributed by atoms with E-state index in [9.17, 15) is 9.59 Å². The van der Waals surface area contributed by atoms with Crippen molar-refractivity contribution < 1.29 is 14.3 Å². The highest BCUT2D eigenvalue weighted by Crippen LogP contribution is 2.35. The fraction of sp³-hybridized carbons (Fsp3) is 0.647. The van der Waals surface area contributed by atoms with Crippen molar-refractivity contribution >= 4 is 11.9 Å². The van der Waals surface area contributed by atoms with Crippen LogP contribution in [0.3, 0.4) is 0 Å². The molecule has 0 aromatic carbocycles. The monoisotopic (exact) mass is 304 g/mol. The normalized spacial score (nSPS) is 25.1. The van der Waals surface area contributed by atoms with Gasteiger partial charge in [-0.05, 0) is 65.5 Å². The molecule has 22 heavy (non-hydrogen) atoms. The Morgan fingerprint density at radius 3 is 2.73 bits per heavy atom. The van der Waals surface area contributed by atoms with Crippen LogP contribution in [0.15, 0.2) is 12.3 Å². The summed E-state index contributed by atoms with van der Waals surface area (Å²) in [5.74, 6) is 0.135. The lowest BCUT2D eigenvalue weighted by molar-refractivity contribution is 0.0530. The number of carbonyl (C=O) groups is 2. The van der Waals surface area contributed by atoms with Crippen LogP contribution in [-0.4, -0.2) is 34.1 Å². The SMILES string of the molecule is CC(C)(C)OC(=O)n1ccc2c1CCC1(CCCCN1)C2=O. The van der Waals surface area contributed by atoms with Crippen LogP contribution in [0.1, 0.15) is 62.5 Å². The van der Waals surface area contributed by atoms with Crippen molar-refractivity contribution in [1.29, 1.82) is 0 Å². The zero-order chi connectivity index (χ0) is 16.0. The van der Waals surface area contributed by atoms with E-state index in [0.29, 0.717) is 5.56 Å². The maximum Gasteiger partial charge on any atom is 0.418 e. The molecule has 120 valence electrons. The number of nitrogens with zero attached hydrogens (tertiary/aromatic N) is 1. The zero-order valence-corrected chi connectivity index (χ0v) is 13.6. The van der Waals surface area contributed by atoms with Gasteiger partial charge in [0.15, 0.2) is 5.78 Å². The summed E-state index contributed by atoms with van der Waals surface area (Å²) in [5.41, 5.74) is 0.508.